The number of amides is 3. The van der Waals surface area contributed by atoms with Gasteiger partial charge in [0, 0.05) is 55.2 Å². The SMILES string of the molecule is COc1ccc(C(=O)Nc2ccc(N3CCCN(C(=O)c4ccc(C)cc4)CC3)c(C(=O)NCc3ccc(F)cc3)c2)cc1. The van der Waals surface area contributed by atoms with Gasteiger partial charge in [0.05, 0.1) is 12.7 Å². The molecule has 0 bridgehead atoms. The van der Waals surface area contributed by atoms with Crippen molar-refractivity contribution in [2.45, 2.75) is 19.9 Å². The van der Waals surface area contributed by atoms with Gasteiger partial charge in [-0.2, -0.15) is 0 Å². The molecule has 226 valence electrons. The summed E-state index contributed by atoms with van der Waals surface area (Å²) < 4.78 is 18.6. The molecular formula is C35H35FN4O4. The van der Waals surface area contributed by atoms with Crippen LogP contribution >= 0.6 is 0 Å². The summed E-state index contributed by atoms with van der Waals surface area (Å²) in [5.74, 6) is -0.373. The predicted octanol–water partition coefficient (Wildman–Crippen LogP) is 5.68. The van der Waals surface area contributed by atoms with Crippen molar-refractivity contribution in [3.63, 3.8) is 0 Å². The smallest absolute Gasteiger partial charge is 0.255 e. The number of carbonyl (C=O) groups excluding carboxylic acids is 3. The van der Waals surface area contributed by atoms with Crippen molar-refractivity contribution in [1.29, 1.82) is 0 Å². The van der Waals surface area contributed by atoms with Crippen molar-refractivity contribution in [3.8, 4) is 5.75 Å². The normalized spacial score (nSPS) is 13.2. The second kappa shape index (κ2) is 13.9. The maximum atomic E-state index is 13.6. The Morgan fingerprint density at radius 1 is 0.795 bits per heavy atom. The molecule has 1 saturated heterocycles. The zero-order valence-corrected chi connectivity index (χ0v) is 24.8. The minimum atomic E-state index is -0.348. The standard InChI is InChI=1S/C35H35FN4O4/c1-24-4-8-27(9-5-24)35(43)40-19-3-18-39(20-21-40)32-17-14-29(38-33(41)26-10-15-30(44-2)16-11-26)22-31(32)34(42)37-23-25-6-12-28(36)13-7-25/h4-17,22H,3,18-21,23H2,1-2H3,(H,37,42)(H,38,41). The Labute approximate surface area is 256 Å². The Kier molecular flexibility index (Phi) is 9.54. The highest BCUT2D eigenvalue weighted by molar-refractivity contribution is 6.06. The third-order valence-corrected chi connectivity index (χ3v) is 7.64. The van der Waals surface area contributed by atoms with E-state index in [2.05, 4.69) is 15.5 Å². The van der Waals surface area contributed by atoms with Gasteiger partial charge in [-0.1, -0.05) is 29.8 Å². The van der Waals surface area contributed by atoms with Crippen molar-refractivity contribution < 1.29 is 23.5 Å². The van der Waals surface area contributed by atoms with Gasteiger partial charge in [0.25, 0.3) is 17.7 Å². The summed E-state index contributed by atoms with van der Waals surface area (Å²) in [6.07, 6.45) is 0.726. The fourth-order valence-electron chi connectivity index (χ4n) is 5.14. The highest BCUT2D eigenvalue weighted by Gasteiger charge is 2.24. The van der Waals surface area contributed by atoms with E-state index in [0.717, 1.165) is 17.5 Å². The molecule has 8 nitrogen and oxygen atoms in total. The Hall–Kier alpha value is -5.18. The molecule has 1 heterocycles. The number of aryl methyl sites for hydroxylation is 1. The number of rotatable bonds is 8. The van der Waals surface area contributed by atoms with Gasteiger partial charge in [0.1, 0.15) is 11.6 Å². The van der Waals surface area contributed by atoms with Crippen LogP contribution in [0.4, 0.5) is 15.8 Å². The first-order valence-electron chi connectivity index (χ1n) is 14.5. The van der Waals surface area contributed by atoms with E-state index in [0.29, 0.717) is 60.0 Å². The minimum Gasteiger partial charge on any atom is -0.497 e. The van der Waals surface area contributed by atoms with Gasteiger partial charge in [-0.3, -0.25) is 14.4 Å². The monoisotopic (exact) mass is 594 g/mol. The van der Waals surface area contributed by atoms with E-state index < -0.39 is 0 Å². The maximum Gasteiger partial charge on any atom is 0.255 e. The highest BCUT2D eigenvalue weighted by Crippen LogP contribution is 2.27. The fraction of sp³-hybridized carbons (Fsp3) is 0.229. The number of nitrogens with one attached hydrogen (secondary N) is 2. The molecule has 0 aromatic heterocycles. The van der Waals surface area contributed by atoms with Crippen LogP contribution in [-0.2, 0) is 6.54 Å². The molecule has 0 spiro atoms. The van der Waals surface area contributed by atoms with Gasteiger partial charge in [-0.05, 0) is 85.6 Å². The van der Waals surface area contributed by atoms with E-state index in [1.807, 2.05) is 42.2 Å². The van der Waals surface area contributed by atoms with Crippen LogP contribution in [0.5, 0.6) is 5.75 Å². The molecule has 44 heavy (non-hydrogen) atoms. The number of ether oxygens (including phenoxy) is 1. The topological polar surface area (TPSA) is 91.0 Å². The van der Waals surface area contributed by atoms with Gasteiger partial charge in [-0.25, -0.2) is 4.39 Å². The molecule has 3 amide bonds. The van der Waals surface area contributed by atoms with Crippen LogP contribution in [0.3, 0.4) is 0 Å². The number of halogens is 1. The molecule has 9 heteroatoms. The average Bonchev–Trinajstić information content (AvgIpc) is 3.31. The largest absolute Gasteiger partial charge is 0.497 e. The molecule has 0 radical (unpaired) electrons. The molecule has 4 aromatic carbocycles. The van der Waals surface area contributed by atoms with Crippen LogP contribution in [0, 0.1) is 12.7 Å². The summed E-state index contributed by atoms with van der Waals surface area (Å²) in [6, 6.07) is 25.5. The lowest BCUT2D eigenvalue weighted by Gasteiger charge is -2.26. The Morgan fingerprint density at radius 3 is 2.20 bits per heavy atom. The van der Waals surface area contributed by atoms with Gasteiger partial charge in [-0.15, -0.1) is 0 Å². The van der Waals surface area contributed by atoms with E-state index >= 15 is 0 Å². The molecule has 0 aliphatic carbocycles. The minimum absolute atomic E-state index is 0.0132. The lowest BCUT2D eigenvalue weighted by atomic mass is 10.1. The average molecular weight is 595 g/mol. The van der Waals surface area contributed by atoms with Gasteiger partial charge in [0.2, 0.25) is 0 Å². The maximum absolute atomic E-state index is 13.6. The van der Waals surface area contributed by atoms with Crippen LogP contribution < -0.4 is 20.3 Å². The van der Waals surface area contributed by atoms with Crippen molar-refractivity contribution in [3.05, 3.63) is 125 Å². The van der Waals surface area contributed by atoms with Crippen molar-refractivity contribution in [2.75, 3.05) is 43.5 Å². The first kappa shape index (κ1) is 30.3. The molecule has 1 aliphatic heterocycles. The predicted molar refractivity (Wildman–Crippen MR) is 169 cm³/mol. The van der Waals surface area contributed by atoms with Gasteiger partial charge >= 0.3 is 0 Å². The lowest BCUT2D eigenvalue weighted by molar-refractivity contribution is 0.0766. The Balaban J connectivity index is 1.36. The quantitative estimate of drug-likeness (QED) is 0.274. The summed E-state index contributed by atoms with van der Waals surface area (Å²) in [6.45, 7) is 4.48. The summed E-state index contributed by atoms with van der Waals surface area (Å²) in [5.41, 5.74) is 4.51. The second-order valence-corrected chi connectivity index (χ2v) is 10.7. The van der Waals surface area contributed by atoms with Crippen molar-refractivity contribution in [2.24, 2.45) is 0 Å². The van der Waals surface area contributed by atoms with Crippen LogP contribution in [0.25, 0.3) is 0 Å². The summed E-state index contributed by atoms with van der Waals surface area (Å²) in [7, 11) is 1.56. The zero-order valence-electron chi connectivity index (χ0n) is 24.8. The lowest BCUT2D eigenvalue weighted by Crippen LogP contribution is -2.36. The number of hydrogen-bond acceptors (Lipinski definition) is 5. The van der Waals surface area contributed by atoms with E-state index in [1.165, 1.54) is 12.1 Å². The van der Waals surface area contributed by atoms with Crippen LogP contribution in [0.2, 0.25) is 0 Å². The number of anilines is 2. The summed E-state index contributed by atoms with van der Waals surface area (Å²) >= 11 is 0. The molecule has 0 saturated carbocycles. The molecular weight excluding hydrogens is 559 g/mol. The summed E-state index contributed by atoms with van der Waals surface area (Å²) in [4.78, 5) is 43.7. The molecule has 2 N–H and O–H groups in total. The third kappa shape index (κ3) is 7.42. The first-order chi connectivity index (χ1) is 21.3. The molecule has 1 aliphatic rings. The number of nitrogens with zero attached hydrogens (tertiary/aromatic N) is 2. The van der Waals surface area contributed by atoms with Crippen LogP contribution in [0.15, 0.2) is 91.0 Å². The molecule has 1 fully saturated rings. The Morgan fingerprint density at radius 2 is 1.50 bits per heavy atom. The van der Waals surface area contributed by atoms with Crippen molar-refractivity contribution >= 4 is 29.1 Å². The number of methoxy groups -OCH3 is 1. The van der Waals surface area contributed by atoms with E-state index in [4.69, 9.17) is 4.74 Å². The first-order valence-corrected chi connectivity index (χ1v) is 14.5. The van der Waals surface area contributed by atoms with E-state index in [1.54, 1.807) is 55.6 Å². The van der Waals surface area contributed by atoms with E-state index in [-0.39, 0.29) is 30.1 Å². The van der Waals surface area contributed by atoms with Crippen LogP contribution in [-0.4, -0.2) is 55.9 Å². The molecule has 4 aromatic rings. The van der Waals surface area contributed by atoms with E-state index in [9.17, 15) is 18.8 Å². The molecule has 0 atom stereocenters. The number of hydrogen-bond donors (Lipinski definition) is 2. The van der Waals surface area contributed by atoms with Crippen molar-refractivity contribution in [1.82, 2.24) is 10.2 Å². The van der Waals surface area contributed by atoms with Crippen LogP contribution in [0.1, 0.15) is 48.6 Å². The summed E-state index contributed by atoms with van der Waals surface area (Å²) in [5, 5.41) is 5.81. The van der Waals surface area contributed by atoms with Gasteiger partial charge in [0.15, 0.2) is 0 Å². The number of benzene rings is 4. The van der Waals surface area contributed by atoms with Gasteiger partial charge < -0.3 is 25.2 Å². The third-order valence-electron chi connectivity index (χ3n) is 7.64. The second-order valence-electron chi connectivity index (χ2n) is 10.7. The Bertz CT molecular complexity index is 1620. The fourth-order valence-corrected chi connectivity index (χ4v) is 5.14. The molecule has 5 rings (SSSR count). The molecule has 0 unspecified atom stereocenters. The number of carbonyl (C=O) groups is 3. The highest BCUT2D eigenvalue weighted by atomic mass is 19.1. The zero-order chi connectivity index (χ0) is 31.1.